The van der Waals surface area contributed by atoms with Gasteiger partial charge in [0, 0.05) is 0 Å². The fraction of sp³-hybridized carbons (Fsp3) is 1.00. The van der Waals surface area contributed by atoms with Crippen LogP contribution in [0.25, 0.3) is 0 Å². The van der Waals surface area contributed by atoms with E-state index < -0.39 is 17.3 Å². The summed E-state index contributed by atoms with van der Waals surface area (Å²) in [4.78, 5) is 0. The van der Waals surface area contributed by atoms with Crippen molar-refractivity contribution in [3.05, 3.63) is 0 Å². The third-order valence-corrected chi connectivity index (χ3v) is 17.8. The van der Waals surface area contributed by atoms with Crippen LogP contribution in [0.1, 0.15) is 13.8 Å². The summed E-state index contributed by atoms with van der Waals surface area (Å²) in [5.74, 6) is 0. The second-order valence-electron chi connectivity index (χ2n) is 1.41. The molecule has 0 bridgehead atoms. The Labute approximate surface area is 57.0 Å². The van der Waals surface area contributed by atoms with E-state index in [0.29, 0.717) is 0 Å². The van der Waals surface area contributed by atoms with Gasteiger partial charge in [0.15, 0.2) is 0 Å². The van der Waals surface area contributed by atoms with Gasteiger partial charge >= 0.3 is 57.6 Å². The minimum atomic E-state index is -0.751. The first kappa shape index (κ1) is 7.60. The SMILES string of the molecule is C[CH2][In]([I])[CH2]C. The molecule has 0 aliphatic heterocycles. The molecule has 36 valence electrons. The monoisotopic (exact) mass is 300 g/mol. The normalized spacial score (nSPS) is 8.50. The van der Waals surface area contributed by atoms with E-state index in [1.165, 1.54) is 8.35 Å². The molecule has 0 saturated carbocycles. The number of rotatable bonds is 2. The zero-order chi connectivity index (χ0) is 4.99. The molecule has 0 unspecified atom stereocenters. The summed E-state index contributed by atoms with van der Waals surface area (Å²) in [5, 5.41) is 0. The van der Waals surface area contributed by atoms with Crippen LogP contribution in [-0.2, 0) is 0 Å². The third kappa shape index (κ3) is 3.78. The average molecular weight is 300 g/mol. The Morgan fingerprint density at radius 1 is 1.33 bits per heavy atom. The first-order valence-corrected chi connectivity index (χ1v) is 16.7. The summed E-state index contributed by atoms with van der Waals surface area (Å²) in [6.45, 7) is 4.63. The van der Waals surface area contributed by atoms with Crippen molar-refractivity contribution < 1.29 is 0 Å². The van der Waals surface area contributed by atoms with E-state index in [2.05, 4.69) is 32.0 Å². The summed E-state index contributed by atoms with van der Waals surface area (Å²) >= 11 is 1.93. The topological polar surface area (TPSA) is 0 Å². The van der Waals surface area contributed by atoms with E-state index in [-0.39, 0.29) is 0 Å². The van der Waals surface area contributed by atoms with Crippen molar-refractivity contribution in [2.24, 2.45) is 0 Å². The quantitative estimate of drug-likeness (QED) is 0.687. The first-order valence-electron chi connectivity index (χ1n) is 2.45. The molecule has 0 aromatic heterocycles. The van der Waals surface area contributed by atoms with Crippen LogP contribution in [0, 0.1) is 0 Å². The molecule has 0 aromatic carbocycles. The molecule has 0 heterocycles. The van der Waals surface area contributed by atoms with Crippen molar-refractivity contribution >= 4 is 35.4 Å². The standard InChI is InChI=1S/2C2H5.HI.In/c2*1-2;;/h2*1H2,2H3;1H;/q;;;+1/p-1. The predicted octanol–water partition coefficient (Wildman–Crippen LogP) is 2.45. The number of hydrogen-bond donors (Lipinski definition) is 0. The molecule has 0 spiro atoms. The van der Waals surface area contributed by atoms with Gasteiger partial charge in [0.1, 0.15) is 0 Å². The van der Waals surface area contributed by atoms with Crippen LogP contribution >= 0.6 is 18.1 Å². The molecule has 0 nitrogen and oxygen atoms in total. The van der Waals surface area contributed by atoms with E-state index in [1.54, 1.807) is 0 Å². The molecule has 0 saturated heterocycles. The Morgan fingerprint density at radius 2 is 1.67 bits per heavy atom. The van der Waals surface area contributed by atoms with E-state index in [1.807, 2.05) is 0 Å². The molecule has 0 radical (unpaired) electrons. The van der Waals surface area contributed by atoms with Crippen molar-refractivity contribution in [1.82, 2.24) is 0 Å². The maximum atomic E-state index is 2.68. The Kier molecular flexibility index (Phi) is 6.02. The van der Waals surface area contributed by atoms with Crippen LogP contribution in [0.3, 0.4) is 0 Å². The van der Waals surface area contributed by atoms with Crippen LogP contribution in [-0.4, -0.2) is 17.3 Å². The van der Waals surface area contributed by atoms with Crippen molar-refractivity contribution in [3.8, 4) is 0 Å². The van der Waals surface area contributed by atoms with E-state index in [0.717, 1.165) is 0 Å². The molecular formula is C4H10IIn. The number of halogens is 1. The second-order valence-corrected chi connectivity index (χ2v) is 21.3. The maximum absolute atomic E-state index is 2.68. The minimum absolute atomic E-state index is 0.751. The van der Waals surface area contributed by atoms with Gasteiger partial charge in [-0.25, -0.2) is 0 Å². The molecule has 0 amide bonds. The summed E-state index contributed by atoms with van der Waals surface area (Å²) in [5.41, 5.74) is 0. The molecule has 0 aliphatic carbocycles. The predicted molar refractivity (Wildman–Crippen MR) is 40.7 cm³/mol. The second kappa shape index (κ2) is 4.75. The Morgan fingerprint density at radius 3 is 1.67 bits per heavy atom. The zero-order valence-electron chi connectivity index (χ0n) is 4.37. The average Bonchev–Trinajstić information content (AvgIpc) is 1.65. The van der Waals surface area contributed by atoms with E-state index in [9.17, 15) is 0 Å². The Hall–Kier alpha value is 1.60. The van der Waals surface area contributed by atoms with Crippen LogP contribution in [0.5, 0.6) is 0 Å². The van der Waals surface area contributed by atoms with Gasteiger partial charge in [-0.1, -0.05) is 0 Å². The molecule has 0 atom stereocenters. The summed E-state index contributed by atoms with van der Waals surface area (Å²) in [6.07, 6.45) is 0. The van der Waals surface area contributed by atoms with E-state index >= 15 is 0 Å². The summed E-state index contributed by atoms with van der Waals surface area (Å²) < 4.78 is 3.05. The van der Waals surface area contributed by atoms with E-state index in [4.69, 9.17) is 0 Å². The van der Waals surface area contributed by atoms with Gasteiger partial charge in [-0.15, -0.1) is 0 Å². The molecule has 6 heavy (non-hydrogen) atoms. The Balaban J connectivity index is 2.75. The van der Waals surface area contributed by atoms with Gasteiger partial charge < -0.3 is 0 Å². The van der Waals surface area contributed by atoms with Gasteiger partial charge in [-0.05, 0) is 0 Å². The summed E-state index contributed by atoms with van der Waals surface area (Å²) in [6, 6.07) is 0. The molecule has 0 rings (SSSR count). The first-order chi connectivity index (χ1) is 2.81. The molecule has 0 N–H and O–H groups in total. The zero-order valence-corrected chi connectivity index (χ0v) is 9.82. The van der Waals surface area contributed by atoms with Gasteiger partial charge in [-0.2, -0.15) is 0 Å². The molecule has 0 fully saturated rings. The van der Waals surface area contributed by atoms with Crippen molar-refractivity contribution in [2.75, 3.05) is 0 Å². The van der Waals surface area contributed by atoms with Crippen molar-refractivity contribution in [2.45, 2.75) is 22.2 Å². The van der Waals surface area contributed by atoms with Gasteiger partial charge in [0.25, 0.3) is 0 Å². The van der Waals surface area contributed by atoms with Gasteiger partial charge in [-0.3, -0.25) is 0 Å². The molecular weight excluding hydrogens is 290 g/mol. The van der Waals surface area contributed by atoms with Gasteiger partial charge in [0.2, 0.25) is 0 Å². The molecule has 2 heteroatoms. The molecule has 0 aliphatic rings. The van der Waals surface area contributed by atoms with Crippen molar-refractivity contribution in [3.63, 3.8) is 0 Å². The van der Waals surface area contributed by atoms with Crippen LogP contribution in [0.15, 0.2) is 0 Å². The van der Waals surface area contributed by atoms with Crippen LogP contribution in [0.4, 0.5) is 0 Å². The summed E-state index contributed by atoms with van der Waals surface area (Å²) in [7, 11) is 0. The Bertz CT molecular complexity index is 26.7. The third-order valence-electron chi connectivity index (χ3n) is 0.886. The van der Waals surface area contributed by atoms with Crippen LogP contribution < -0.4 is 0 Å². The van der Waals surface area contributed by atoms with Gasteiger partial charge in [0.05, 0.1) is 0 Å². The molecule has 0 aromatic rings. The fourth-order valence-corrected chi connectivity index (χ4v) is 1.94. The van der Waals surface area contributed by atoms with Crippen molar-refractivity contribution in [1.29, 1.82) is 0 Å². The van der Waals surface area contributed by atoms with Crippen LogP contribution in [0.2, 0.25) is 8.35 Å². The fourth-order valence-electron chi connectivity index (χ4n) is 0.289. The number of hydrogen-bond acceptors (Lipinski definition) is 0.